The van der Waals surface area contributed by atoms with Gasteiger partial charge >= 0.3 is 0 Å². The van der Waals surface area contributed by atoms with Gasteiger partial charge in [0.15, 0.2) is 0 Å². The summed E-state index contributed by atoms with van der Waals surface area (Å²) in [5, 5.41) is 10.2. The molecule has 1 heteroatoms. The van der Waals surface area contributed by atoms with Gasteiger partial charge in [-0.1, -0.05) is 212 Å². The van der Waals surface area contributed by atoms with Crippen molar-refractivity contribution >= 4 is 54.1 Å². The summed E-state index contributed by atoms with van der Waals surface area (Å²) in [6.07, 6.45) is 0. The van der Waals surface area contributed by atoms with Crippen molar-refractivity contribution < 1.29 is 0 Å². The number of benzene rings is 12. The van der Waals surface area contributed by atoms with Crippen molar-refractivity contribution in [2.24, 2.45) is 0 Å². The summed E-state index contributed by atoms with van der Waals surface area (Å²) < 4.78 is 2.51. The maximum atomic E-state index is 2.51. The molecule has 0 bridgehead atoms. The lowest BCUT2D eigenvalue weighted by atomic mass is 9.82. The van der Waals surface area contributed by atoms with Gasteiger partial charge in [-0.25, -0.2) is 0 Å². The molecule has 0 N–H and O–H groups in total. The molecule has 0 unspecified atom stereocenters. The molecule has 0 amide bonds. The van der Waals surface area contributed by atoms with Crippen LogP contribution in [0, 0.1) is 0 Å². The maximum Gasteiger partial charge on any atom is 0.0619 e. The Bertz CT molecular complexity index is 4040. The molecular formula is C64H39N. The number of para-hydroxylation sites is 2. The normalized spacial score (nSPS) is 12.0. The molecule has 65 heavy (non-hydrogen) atoms. The van der Waals surface area contributed by atoms with Crippen molar-refractivity contribution in [1.82, 2.24) is 4.57 Å². The highest BCUT2D eigenvalue weighted by Crippen LogP contribution is 2.51. The third-order valence-corrected chi connectivity index (χ3v) is 14.1. The van der Waals surface area contributed by atoms with Gasteiger partial charge in [0, 0.05) is 21.9 Å². The molecule has 1 nitrogen and oxygen atoms in total. The molecule has 1 aliphatic rings. The largest absolute Gasteiger partial charge is 0.308 e. The lowest BCUT2D eigenvalue weighted by molar-refractivity contribution is 1.19. The summed E-state index contributed by atoms with van der Waals surface area (Å²) >= 11 is 0. The van der Waals surface area contributed by atoms with Gasteiger partial charge in [-0.2, -0.15) is 0 Å². The molecule has 0 spiro atoms. The fraction of sp³-hybridized carbons (Fsp3) is 0. The number of hydrogen-bond donors (Lipinski definition) is 0. The summed E-state index contributed by atoms with van der Waals surface area (Å²) in [7, 11) is 0. The van der Waals surface area contributed by atoms with Crippen molar-refractivity contribution in [3.63, 3.8) is 0 Å². The number of aromatic nitrogens is 1. The second kappa shape index (κ2) is 14.0. The van der Waals surface area contributed by atoms with Crippen LogP contribution in [0.5, 0.6) is 0 Å². The molecule has 0 saturated heterocycles. The van der Waals surface area contributed by atoms with Crippen LogP contribution in [0.1, 0.15) is 0 Å². The lowest BCUT2D eigenvalue weighted by Crippen LogP contribution is -1.97. The second-order valence-electron chi connectivity index (χ2n) is 17.5. The topological polar surface area (TPSA) is 4.93 Å². The van der Waals surface area contributed by atoms with E-state index in [1.165, 1.54) is 138 Å². The zero-order valence-corrected chi connectivity index (χ0v) is 35.5. The highest BCUT2D eigenvalue weighted by molar-refractivity contribution is 6.30. The van der Waals surface area contributed by atoms with Gasteiger partial charge < -0.3 is 4.57 Å². The summed E-state index contributed by atoms with van der Waals surface area (Å²) in [6.45, 7) is 0. The first kappa shape index (κ1) is 36.0. The lowest BCUT2D eigenvalue weighted by Gasteiger charge is -2.22. The third-order valence-electron chi connectivity index (χ3n) is 14.1. The van der Waals surface area contributed by atoms with E-state index in [0.717, 1.165) is 0 Å². The van der Waals surface area contributed by atoms with Crippen LogP contribution >= 0.6 is 0 Å². The molecule has 1 aromatic heterocycles. The van der Waals surface area contributed by atoms with Gasteiger partial charge in [-0.15, -0.1) is 0 Å². The molecule has 13 aromatic rings. The standard InChI is InChI=1S/C64H39N/c1-3-16-40(17-4-1)44-20-7-9-22-46(44)50-33-30-42-31-34-54-58(47-23-10-8-21-45(47)41-18-5-2-6-19-41)39-57(53-36-35-52(50)62(42)63(53)54)43-32-37-61-59(38-43)49-25-12-11-24-48(49)55-27-15-28-56-51-26-13-14-29-60(51)65(61)64(55)56/h1-39H. The maximum absolute atomic E-state index is 2.51. The van der Waals surface area contributed by atoms with E-state index in [1.54, 1.807) is 0 Å². The molecular weight excluding hydrogens is 783 g/mol. The molecule has 0 fully saturated rings. The predicted molar refractivity (Wildman–Crippen MR) is 276 cm³/mol. The molecule has 12 aromatic carbocycles. The van der Waals surface area contributed by atoms with Gasteiger partial charge in [0.05, 0.1) is 16.7 Å². The molecule has 0 atom stereocenters. The zero-order chi connectivity index (χ0) is 42.6. The number of nitrogens with zero attached hydrogens (tertiary/aromatic N) is 1. The highest BCUT2D eigenvalue weighted by Gasteiger charge is 2.26. The summed E-state index contributed by atoms with van der Waals surface area (Å²) in [5.41, 5.74) is 21.0. The molecule has 1 aliphatic heterocycles. The Labute approximate surface area is 377 Å². The average molecular weight is 822 g/mol. The van der Waals surface area contributed by atoms with Gasteiger partial charge in [0.1, 0.15) is 0 Å². The third kappa shape index (κ3) is 5.27. The van der Waals surface area contributed by atoms with Crippen LogP contribution in [0.4, 0.5) is 0 Å². The SMILES string of the molecule is c1ccc(-c2ccccc2-c2ccc3ccc4c(-c5ccccc5-c5ccccc5)cc(-c5ccc6c(c5)-c5ccccc5-c5cccc7c8ccccc8n-6c57)c5ccc2c3c54)cc1. The zero-order valence-electron chi connectivity index (χ0n) is 35.5. The van der Waals surface area contributed by atoms with E-state index < -0.39 is 0 Å². The molecule has 0 aliphatic carbocycles. The first-order valence-electron chi connectivity index (χ1n) is 22.6. The Morgan fingerprint density at radius 2 is 0.738 bits per heavy atom. The molecule has 2 heterocycles. The minimum Gasteiger partial charge on any atom is -0.308 e. The Morgan fingerprint density at radius 1 is 0.231 bits per heavy atom. The Balaban J connectivity index is 1.09. The van der Waals surface area contributed by atoms with E-state index in [0.29, 0.717) is 0 Å². The van der Waals surface area contributed by atoms with Crippen molar-refractivity contribution in [2.75, 3.05) is 0 Å². The van der Waals surface area contributed by atoms with E-state index in [9.17, 15) is 0 Å². The number of fused-ring (bicyclic) bond motifs is 8. The summed E-state index contributed by atoms with van der Waals surface area (Å²) in [4.78, 5) is 0. The minimum atomic E-state index is 1.20. The highest BCUT2D eigenvalue weighted by atomic mass is 15.0. The fourth-order valence-corrected chi connectivity index (χ4v) is 11.3. The van der Waals surface area contributed by atoms with Crippen molar-refractivity contribution in [1.29, 1.82) is 0 Å². The molecule has 14 rings (SSSR count). The van der Waals surface area contributed by atoms with Crippen LogP contribution in [-0.4, -0.2) is 4.57 Å². The predicted octanol–water partition coefficient (Wildman–Crippen LogP) is 17.7. The first-order valence-corrected chi connectivity index (χ1v) is 22.6. The van der Waals surface area contributed by atoms with Crippen LogP contribution in [0.15, 0.2) is 237 Å². The van der Waals surface area contributed by atoms with Gasteiger partial charge in [0.2, 0.25) is 0 Å². The van der Waals surface area contributed by atoms with E-state index in [2.05, 4.69) is 241 Å². The molecule has 0 saturated carbocycles. The van der Waals surface area contributed by atoms with Crippen LogP contribution in [0.25, 0.3) is 138 Å². The Morgan fingerprint density at radius 3 is 1.45 bits per heavy atom. The number of rotatable bonds is 5. The van der Waals surface area contributed by atoms with E-state index in [1.807, 2.05) is 0 Å². The average Bonchev–Trinajstić information content (AvgIpc) is 3.66. The van der Waals surface area contributed by atoms with Crippen LogP contribution in [-0.2, 0) is 0 Å². The van der Waals surface area contributed by atoms with Crippen molar-refractivity contribution in [3.8, 4) is 83.6 Å². The quantitative estimate of drug-likeness (QED) is 0.152. The Hall–Kier alpha value is -8.52. The smallest absolute Gasteiger partial charge is 0.0619 e. The summed E-state index contributed by atoms with van der Waals surface area (Å²) in [5.74, 6) is 0. The van der Waals surface area contributed by atoms with E-state index in [-0.39, 0.29) is 0 Å². The van der Waals surface area contributed by atoms with E-state index in [4.69, 9.17) is 0 Å². The monoisotopic (exact) mass is 821 g/mol. The molecule has 0 radical (unpaired) electrons. The second-order valence-corrected chi connectivity index (χ2v) is 17.5. The van der Waals surface area contributed by atoms with Gasteiger partial charge in [0.25, 0.3) is 0 Å². The van der Waals surface area contributed by atoms with Crippen LogP contribution in [0.2, 0.25) is 0 Å². The summed E-state index contributed by atoms with van der Waals surface area (Å²) in [6, 6.07) is 88.0. The van der Waals surface area contributed by atoms with E-state index >= 15 is 0 Å². The van der Waals surface area contributed by atoms with Crippen LogP contribution < -0.4 is 0 Å². The Kier molecular flexibility index (Phi) is 7.75. The minimum absolute atomic E-state index is 1.20. The number of hydrogen-bond acceptors (Lipinski definition) is 0. The first-order chi connectivity index (χ1) is 32.3. The fourth-order valence-electron chi connectivity index (χ4n) is 11.3. The van der Waals surface area contributed by atoms with Crippen LogP contribution in [0.3, 0.4) is 0 Å². The van der Waals surface area contributed by atoms with Gasteiger partial charge in [-0.05, 0) is 123 Å². The van der Waals surface area contributed by atoms with Crippen molar-refractivity contribution in [3.05, 3.63) is 237 Å². The van der Waals surface area contributed by atoms with Gasteiger partial charge in [-0.3, -0.25) is 0 Å². The van der Waals surface area contributed by atoms with Crippen molar-refractivity contribution in [2.45, 2.75) is 0 Å². The molecule has 300 valence electrons.